The summed E-state index contributed by atoms with van der Waals surface area (Å²) in [5, 5.41) is 11.4. The summed E-state index contributed by atoms with van der Waals surface area (Å²) in [6.07, 6.45) is 5.91. The standard InChI is InChI=1S/C34H25Cl2N3O3/c1-42-27-12-14-30-25(16-27)17-31(37-30)23-7-2-21(3-8-23)6-15-33-38-32(28-13-11-26(35)18-29(28)36)20-39(33)19-22-4-9-24(10-5-22)34(40)41/h2-18,20,37H,19H2,1H3,(H,40,41)/b15-6+. The van der Waals surface area contributed by atoms with Gasteiger partial charge >= 0.3 is 5.97 Å². The van der Waals surface area contributed by atoms with E-state index in [2.05, 4.69) is 35.3 Å². The van der Waals surface area contributed by atoms with Gasteiger partial charge in [-0.15, -0.1) is 0 Å². The summed E-state index contributed by atoms with van der Waals surface area (Å²) in [4.78, 5) is 19.6. The lowest BCUT2D eigenvalue weighted by atomic mass is 10.1. The zero-order valence-electron chi connectivity index (χ0n) is 22.5. The molecule has 2 aromatic heterocycles. The van der Waals surface area contributed by atoms with Gasteiger partial charge in [0.25, 0.3) is 0 Å². The van der Waals surface area contributed by atoms with E-state index in [-0.39, 0.29) is 5.56 Å². The second-order valence-corrected chi connectivity index (χ2v) is 10.7. The largest absolute Gasteiger partial charge is 0.497 e. The van der Waals surface area contributed by atoms with Crippen LogP contribution in [0.25, 0.3) is 45.6 Å². The quantitative estimate of drug-likeness (QED) is 0.184. The summed E-state index contributed by atoms with van der Waals surface area (Å²) in [7, 11) is 1.67. The monoisotopic (exact) mass is 593 g/mol. The molecule has 0 unspecified atom stereocenters. The Morgan fingerprint density at radius 2 is 1.74 bits per heavy atom. The summed E-state index contributed by atoms with van der Waals surface area (Å²) >= 11 is 12.6. The molecule has 6 nitrogen and oxygen atoms in total. The number of halogens is 2. The predicted molar refractivity (Wildman–Crippen MR) is 169 cm³/mol. The van der Waals surface area contributed by atoms with Gasteiger partial charge in [-0.2, -0.15) is 0 Å². The van der Waals surface area contributed by atoms with Crippen LogP contribution in [0.3, 0.4) is 0 Å². The van der Waals surface area contributed by atoms with Crippen LogP contribution in [0.15, 0.2) is 97.2 Å². The zero-order chi connectivity index (χ0) is 29.2. The Labute approximate surface area is 252 Å². The van der Waals surface area contributed by atoms with Gasteiger partial charge in [-0.25, -0.2) is 9.78 Å². The molecule has 208 valence electrons. The first-order valence-corrected chi connectivity index (χ1v) is 13.9. The molecule has 0 aliphatic rings. The average Bonchev–Trinajstić information content (AvgIpc) is 3.60. The number of benzene rings is 4. The number of carboxylic acid groups (broad SMARTS) is 1. The predicted octanol–water partition coefficient (Wildman–Crippen LogP) is 8.93. The molecule has 6 rings (SSSR count). The Balaban J connectivity index is 1.29. The highest BCUT2D eigenvalue weighted by atomic mass is 35.5. The number of methoxy groups -OCH3 is 1. The highest BCUT2D eigenvalue weighted by Crippen LogP contribution is 2.31. The maximum Gasteiger partial charge on any atom is 0.335 e. The van der Waals surface area contributed by atoms with E-state index in [0.29, 0.717) is 22.3 Å². The molecule has 0 radical (unpaired) electrons. The van der Waals surface area contributed by atoms with Crippen LogP contribution >= 0.6 is 23.2 Å². The topological polar surface area (TPSA) is 80.1 Å². The molecule has 2 heterocycles. The van der Waals surface area contributed by atoms with Gasteiger partial charge in [0.15, 0.2) is 0 Å². The average molecular weight is 594 g/mol. The fraction of sp³-hybridized carbons (Fsp3) is 0.0588. The zero-order valence-corrected chi connectivity index (χ0v) is 24.0. The highest BCUT2D eigenvalue weighted by molar-refractivity contribution is 6.36. The van der Waals surface area contributed by atoms with E-state index in [1.165, 1.54) is 0 Å². The molecule has 0 saturated carbocycles. The van der Waals surface area contributed by atoms with Crippen molar-refractivity contribution in [1.82, 2.24) is 14.5 Å². The van der Waals surface area contributed by atoms with Gasteiger partial charge in [0.2, 0.25) is 0 Å². The molecule has 2 N–H and O–H groups in total. The smallest absolute Gasteiger partial charge is 0.335 e. The number of hydrogen-bond donors (Lipinski definition) is 2. The Hall–Kier alpha value is -4.78. The van der Waals surface area contributed by atoms with E-state index in [0.717, 1.165) is 50.4 Å². The molecule has 0 bridgehead atoms. The summed E-state index contributed by atoms with van der Waals surface area (Å²) in [6, 6.07) is 28.5. The summed E-state index contributed by atoms with van der Waals surface area (Å²) in [5.74, 6) is 0.598. The number of ether oxygens (including phenoxy) is 1. The Morgan fingerprint density at radius 1 is 0.952 bits per heavy atom. The molecular formula is C34H25Cl2N3O3. The first kappa shape index (κ1) is 27.4. The maximum atomic E-state index is 11.3. The van der Waals surface area contributed by atoms with Gasteiger partial charge in [-0.05, 0) is 77.4 Å². The number of aromatic carboxylic acids is 1. The molecule has 0 atom stereocenters. The lowest BCUT2D eigenvalue weighted by Crippen LogP contribution is -2.02. The van der Waals surface area contributed by atoms with Gasteiger partial charge in [-0.1, -0.05) is 65.7 Å². The Bertz CT molecular complexity index is 1940. The number of hydrogen-bond acceptors (Lipinski definition) is 3. The van der Waals surface area contributed by atoms with E-state index in [9.17, 15) is 9.90 Å². The highest BCUT2D eigenvalue weighted by Gasteiger charge is 2.13. The number of carbonyl (C=O) groups is 1. The summed E-state index contributed by atoms with van der Waals surface area (Å²) < 4.78 is 7.36. The first-order valence-electron chi connectivity index (χ1n) is 13.2. The molecule has 0 aliphatic carbocycles. The lowest BCUT2D eigenvalue weighted by molar-refractivity contribution is 0.0697. The van der Waals surface area contributed by atoms with Crippen LogP contribution in [0.1, 0.15) is 27.3 Å². The molecule has 42 heavy (non-hydrogen) atoms. The van der Waals surface area contributed by atoms with Gasteiger partial charge in [0.1, 0.15) is 11.6 Å². The van der Waals surface area contributed by atoms with Gasteiger partial charge < -0.3 is 19.4 Å². The van der Waals surface area contributed by atoms with E-state index in [4.69, 9.17) is 32.9 Å². The van der Waals surface area contributed by atoms with Crippen molar-refractivity contribution in [2.75, 3.05) is 7.11 Å². The number of nitrogens with one attached hydrogen (secondary N) is 1. The van der Waals surface area contributed by atoms with Crippen LogP contribution in [0.2, 0.25) is 10.0 Å². The molecule has 8 heteroatoms. The first-order chi connectivity index (χ1) is 20.4. The molecular weight excluding hydrogens is 569 g/mol. The van der Waals surface area contributed by atoms with Crippen molar-refractivity contribution in [3.05, 3.63) is 130 Å². The number of fused-ring (bicyclic) bond motifs is 1. The molecule has 0 aliphatic heterocycles. The van der Waals surface area contributed by atoms with Crippen molar-refractivity contribution < 1.29 is 14.6 Å². The molecule has 0 fully saturated rings. The fourth-order valence-corrected chi connectivity index (χ4v) is 5.31. The second-order valence-electron chi connectivity index (χ2n) is 9.83. The minimum absolute atomic E-state index is 0.244. The van der Waals surface area contributed by atoms with Crippen LogP contribution in [0.4, 0.5) is 0 Å². The SMILES string of the molecule is COc1ccc2[nH]c(-c3ccc(/C=C/c4nc(-c5ccc(Cl)cc5Cl)cn4Cc4ccc(C(=O)O)cc4)cc3)cc2c1. The van der Waals surface area contributed by atoms with E-state index in [1.54, 1.807) is 31.4 Å². The van der Waals surface area contributed by atoms with E-state index < -0.39 is 5.97 Å². The van der Waals surface area contributed by atoms with Gasteiger partial charge in [-0.3, -0.25) is 0 Å². The van der Waals surface area contributed by atoms with Crippen LogP contribution in [0, 0.1) is 0 Å². The van der Waals surface area contributed by atoms with Crippen molar-refractivity contribution in [3.8, 4) is 28.3 Å². The third kappa shape index (κ3) is 5.81. The van der Waals surface area contributed by atoms with Gasteiger partial charge in [0.05, 0.1) is 23.4 Å². The lowest BCUT2D eigenvalue weighted by Gasteiger charge is -2.06. The van der Waals surface area contributed by atoms with Crippen LogP contribution in [-0.4, -0.2) is 32.7 Å². The number of aromatic nitrogens is 3. The molecule has 0 amide bonds. The van der Waals surface area contributed by atoms with Crippen LogP contribution in [0.5, 0.6) is 5.75 Å². The van der Waals surface area contributed by atoms with Crippen molar-refractivity contribution in [1.29, 1.82) is 0 Å². The van der Waals surface area contributed by atoms with Crippen molar-refractivity contribution in [2.24, 2.45) is 0 Å². The van der Waals surface area contributed by atoms with Crippen molar-refractivity contribution >= 4 is 52.2 Å². The number of carboxylic acids is 1. The summed E-state index contributed by atoms with van der Waals surface area (Å²) in [5.41, 5.74) is 6.85. The molecule has 0 saturated heterocycles. The van der Waals surface area contributed by atoms with Crippen LogP contribution < -0.4 is 4.74 Å². The molecule has 0 spiro atoms. The van der Waals surface area contributed by atoms with E-state index in [1.807, 2.05) is 59.3 Å². The Morgan fingerprint density at radius 3 is 2.45 bits per heavy atom. The Kier molecular flexibility index (Phi) is 7.57. The molecule has 4 aromatic carbocycles. The third-order valence-corrected chi connectivity index (χ3v) is 7.59. The van der Waals surface area contributed by atoms with Crippen molar-refractivity contribution in [3.63, 3.8) is 0 Å². The number of nitrogens with zero attached hydrogens (tertiary/aromatic N) is 2. The maximum absolute atomic E-state index is 11.3. The minimum atomic E-state index is -0.955. The van der Waals surface area contributed by atoms with Crippen molar-refractivity contribution in [2.45, 2.75) is 6.54 Å². The normalized spacial score (nSPS) is 11.4. The number of rotatable bonds is 8. The fourth-order valence-electron chi connectivity index (χ4n) is 4.80. The number of imidazole rings is 1. The minimum Gasteiger partial charge on any atom is -0.497 e. The van der Waals surface area contributed by atoms with Gasteiger partial charge in [0, 0.05) is 39.9 Å². The number of H-pyrrole nitrogens is 1. The van der Waals surface area contributed by atoms with E-state index >= 15 is 0 Å². The summed E-state index contributed by atoms with van der Waals surface area (Å²) in [6.45, 7) is 0.502. The second kappa shape index (κ2) is 11.6. The van der Waals surface area contributed by atoms with Crippen LogP contribution in [-0.2, 0) is 6.54 Å². The molecule has 6 aromatic rings. The number of aromatic amines is 1. The third-order valence-electron chi connectivity index (χ3n) is 7.04.